The summed E-state index contributed by atoms with van der Waals surface area (Å²) >= 11 is 0. The Morgan fingerprint density at radius 3 is 2.65 bits per heavy atom. The Morgan fingerprint density at radius 2 is 1.79 bits per heavy atom. The monoisotopic (exact) mass is 446 g/mol. The molecule has 6 nitrogen and oxygen atoms in total. The van der Waals surface area contributed by atoms with Gasteiger partial charge in [0, 0.05) is 36.1 Å². The van der Waals surface area contributed by atoms with Crippen LogP contribution in [-0.4, -0.2) is 20.9 Å². The van der Waals surface area contributed by atoms with Crippen LogP contribution in [0.15, 0.2) is 104 Å². The summed E-state index contributed by atoms with van der Waals surface area (Å²) in [5.41, 5.74) is 4.71. The largest absolute Gasteiger partial charge is 0.487 e. The van der Waals surface area contributed by atoms with Crippen LogP contribution in [0.1, 0.15) is 21.6 Å². The number of carbonyl (C=O) groups is 1. The quantitative estimate of drug-likeness (QED) is 0.372. The van der Waals surface area contributed by atoms with E-state index in [9.17, 15) is 4.79 Å². The molecule has 0 bridgehead atoms. The van der Waals surface area contributed by atoms with Crippen molar-refractivity contribution in [2.24, 2.45) is 0 Å². The number of hydrogen-bond acceptors (Lipinski definition) is 5. The maximum atomic E-state index is 13.2. The van der Waals surface area contributed by atoms with E-state index in [0.29, 0.717) is 24.4 Å². The van der Waals surface area contributed by atoms with Gasteiger partial charge in [-0.2, -0.15) is 0 Å². The van der Waals surface area contributed by atoms with Gasteiger partial charge in [0.2, 0.25) is 0 Å². The van der Waals surface area contributed by atoms with Gasteiger partial charge in [0.1, 0.15) is 12.4 Å². The zero-order valence-corrected chi connectivity index (χ0v) is 18.4. The third-order valence-corrected chi connectivity index (χ3v) is 5.38. The van der Waals surface area contributed by atoms with Crippen LogP contribution in [0.4, 0.5) is 0 Å². The standard InChI is InChI=1S/C28H22N4O2/c33-28(31-17-20-7-5-10-23(15-20)34-19-22-9-3-4-14-30-22)25-16-27(21-8-6-13-29-18-21)32-26-12-2-1-11-24(25)26/h1-16,18H,17,19H2,(H,31,33). The molecular formula is C28H22N4O2. The predicted octanol–water partition coefficient (Wildman–Crippen LogP) is 5.20. The molecule has 0 atom stereocenters. The van der Waals surface area contributed by atoms with Crippen LogP contribution >= 0.6 is 0 Å². The van der Waals surface area contributed by atoms with Gasteiger partial charge < -0.3 is 10.1 Å². The molecule has 6 heteroatoms. The van der Waals surface area contributed by atoms with Crippen LogP contribution in [0.25, 0.3) is 22.2 Å². The van der Waals surface area contributed by atoms with Gasteiger partial charge in [-0.3, -0.25) is 14.8 Å². The Balaban J connectivity index is 1.33. The fourth-order valence-corrected chi connectivity index (χ4v) is 3.69. The zero-order chi connectivity index (χ0) is 23.2. The van der Waals surface area contributed by atoms with E-state index < -0.39 is 0 Å². The number of rotatable bonds is 7. The summed E-state index contributed by atoms with van der Waals surface area (Å²) in [6.45, 7) is 0.759. The molecular weight excluding hydrogens is 424 g/mol. The molecule has 0 aliphatic carbocycles. The molecule has 34 heavy (non-hydrogen) atoms. The number of nitrogens with one attached hydrogen (secondary N) is 1. The molecule has 5 rings (SSSR count). The summed E-state index contributed by atoms with van der Waals surface area (Å²) < 4.78 is 5.86. The Morgan fingerprint density at radius 1 is 0.882 bits per heavy atom. The minimum Gasteiger partial charge on any atom is -0.487 e. The highest BCUT2D eigenvalue weighted by molar-refractivity contribution is 6.07. The second-order valence-electron chi connectivity index (χ2n) is 7.75. The Labute approximate surface area is 197 Å². The van der Waals surface area contributed by atoms with E-state index in [1.165, 1.54) is 0 Å². The summed E-state index contributed by atoms with van der Waals surface area (Å²) in [7, 11) is 0. The van der Waals surface area contributed by atoms with E-state index in [4.69, 9.17) is 9.72 Å². The molecule has 5 aromatic rings. The molecule has 0 saturated carbocycles. The highest BCUT2D eigenvalue weighted by Crippen LogP contribution is 2.24. The van der Waals surface area contributed by atoms with Crippen LogP contribution in [0, 0.1) is 0 Å². The van der Waals surface area contributed by atoms with E-state index in [-0.39, 0.29) is 5.91 Å². The summed E-state index contributed by atoms with van der Waals surface area (Å²) in [5, 5.41) is 3.84. The Hall–Kier alpha value is -4.58. The van der Waals surface area contributed by atoms with Crippen molar-refractivity contribution >= 4 is 16.8 Å². The van der Waals surface area contributed by atoms with Crippen molar-refractivity contribution in [1.82, 2.24) is 20.3 Å². The Bertz CT molecular complexity index is 1420. The maximum Gasteiger partial charge on any atom is 0.252 e. The lowest BCUT2D eigenvalue weighted by Crippen LogP contribution is -2.23. The number of aromatic nitrogens is 3. The lowest BCUT2D eigenvalue weighted by molar-refractivity contribution is 0.0952. The molecule has 3 heterocycles. The van der Waals surface area contributed by atoms with E-state index >= 15 is 0 Å². The summed E-state index contributed by atoms with van der Waals surface area (Å²) in [6.07, 6.45) is 5.20. The maximum absolute atomic E-state index is 13.2. The first-order chi connectivity index (χ1) is 16.8. The first-order valence-electron chi connectivity index (χ1n) is 11.0. The second kappa shape index (κ2) is 9.92. The fraction of sp³-hybridized carbons (Fsp3) is 0.0714. The van der Waals surface area contributed by atoms with Gasteiger partial charge in [0.05, 0.1) is 22.5 Å². The van der Waals surface area contributed by atoms with Crippen LogP contribution in [0.3, 0.4) is 0 Å². The van der Waals surface area contributed by atoms with E-state index in [1.807, 2.05) is 84.9 Å². The van der Waals surface area contributed by atoms with Gasteiger partial charge in [0.15, 0.2) is 0 Å². The smallest absolute Gasteiger partial charge is 0.252 e. The highest BCUT2D eigenvalue weighted by Gasteiger charge is 2.14. The average molecular weight is 447 g/mol. The van der Waals surface area contributed by atoms with Crippen LogP contribution in [0.2, 0.25) is 0 Å². The van der Waals surface area contributed by atoms with E-state index in [2.05, 4.69) is 15.3 Å². The molecule has 0 fully saturated rings. The van der Waals surface area contributed by atoms with Crippen molar-refractivity contribution in [2.75, 3.05) is 0 Å². The van der Waals surface area contributed by atoms with Gasteiger partial charge >= 0.3 is 0 Å². The van der Waals surface area contributed by atoms with Crippen molar-refractivity contribution in [3.05, 3.63) is 120 Å². The number of hydrogen-bond donors (Lipinski definition) is 1. The number of ether oxygens (including phenoxy) is 1. The molecule has 2 aromatic carbocycles. The molecule has 0 spiro atoms. The molecule has 0 radical (unpaired) electrons. The van der Waals surface area contributed by atoms with Crippen LogP contribution in [-0.2, 0) is 13.2 Å². The molecule has 1 amide bonds. The third kappa shape index (κ3) is 4.91. The van der Waals surface area contributed by atoms with Gasteiger partial charge in [-0.05, 0) is 54.1 Å². The van der Waals surface area contributed by atoms with Gasteiger partial charge in [0.25, 0.3) is 5.91 Å². The number of pyridine rings is 3. The lowest BCUT2D eigenvalue weighted by Gasteiger charge is -2.11. The lowest BCUT2D eigenvalue weighted by atomic mass is 10.0. The number of carbonyl (C=O) groups excluding carboxylic acids is 1. The van der Waals surface area contributed by atoms with Crippen molar-refractivity contribution in [1.29, 1.82) is 0 Å². The van der Waals surface area contributed by atoms with E-state index in [1.54, 1.807) is 18.6 Å². The first-order valence-corrected chi connectivity index (χ1v) is 11.0. The zero-order valence-electron chi connectivity index (χ0n) is 18.4. The number of fused-ring (bicyclic) bond motifs is 1. The van der Waals surface area contributed by atoms with Crippen molar-refractivity contribution in [3.8, 4) is 17.0 Å². The molecule has 0 saturated heterocycles. The third-order valence-electron chi connectivity index (χ3n) is 5.38. The number of amides is 1. The van der Waals surface area contributed by atoms with Gasteiger partial charge in [-0.25, -0.2) is 4.98 Å². The molecule has 166 valence electrons. The normalized spacial score (nSPS) is 10.7. The van der Waals surface area contributed by atoms with Crippen molar-refractivity contribution in [2.45, 2.75) is 13.2 Å². The molecule has 0 aliphatic heterocycles. The molecule has 3 aromatic heterocycles. The Kier molecular flexibility index (Phi) is 6.21. The van der Waals surface area contributed by atoms with Crippen molar-refractivity contribution in [3.63, 3.8) is 0 Å². The molecule has 1 N–H and O–H groups in total. The minimum atomic E-state index is -0.163. The number of nitrogens with zero attached hydrogens (tertiary/aromatic N) is 3. The molecule has 0 aliphatic rings. The first kappa shape index (κ1) is 21.3. The fourth-order valence-electron chi connectivity index (χ4n) is 3.69. The minimum absolute atomic E-state index is 0.163. The summed E-state index contributed by atoms with van der Waals surface area (Å²) in [4.78, 5) is 26.4. The predicted molar refractivity (Wildman–Crippen MR) is 131 cm³/mol. The molecule has 0 unspecified atom stereocenters. The number of benzene rings is 2. The summed E-state index contributed by atoms with van der Waals surface area (Å²) in [5.74, 6) is 0.564. The topological polar surface area (TPSA) is 77.0 Å². The highest BCUT2D eigenvalue weighted by atomic mass is 16.5. The average Bonchev–Trinajstić information content (AvgIpc) is 2.91. The second-order valence-corrected chi connectivity index (χ2v) is 7.75. The van der Waals surface area contributed by atoms with Gasteiger partial charge in [-0.15, -0.1) is 0 Å². The van der Waals surface area contributed by atoms with Gasteiger partial charge in [-0.1, -0.05) is 36.4 Å². The SMILES string of the molecule is O=C(NCc1cccc(OCc2ccccn2)c1)c1cc(-c2cccnc2)nc2ccccc12. The number of para-hydroxylation sites is 1. The van der Waals surface area contributed by atoms with Crippen LogP contribution < -0.4 is 10.1 Å². The van der Waals surface area contributed by atoms with E-state index in [0.717, 1.165) is 33.5 Å². The van der Waals surface area contributed by atoms with Crippen LogP contribution in [0.5, 0.6) is 5.75 Å². The van der Waals surface area contributed by atoms with Crippen molar-refractivity contribution < 1.29 is 9.53 Å². The summed E-state index contributed by atoms with van der Waals surface area (Å²) in [6, 6.07) is 26.7.